The van der Waals surface area contributed by atoms with Gasteiger partial charge in [0.15, 0.2) is 11.5 Å². The van der Waals surface area contributed by atoms with Gasteiger partial charge in [-0.1, -0.05) is 0 Å². The van der Waals surface area contributed by atoms with E-state index in [-0.39, 0.29) is 5.82 Å². The maximum atomic E-state index is 12.1. The molecule has 1 aromatic rings. The molecule has 2 N–H and O–H groups in total. The van der Waals surface area contributed by atoms with Gasteiger partial charge in [-0.25, -0.2) is 4.68 Å². The quantitative estimate of drug-likeness (QED) is 0.673. The smallest absolute Gasteiger partial charge is 0.289 e. The van der Waals surface area contributed by atoms with Gasteiger partial charge >= 0.3 is 6.18 Å². The molecule has 1 unspecified atom stereocenters. The second-order valence-corrected chi connectivity index (χ2v) is 2.46. The van der Waals surface area contributed by atoms with E-state index in [1.165, 1.54) is 0 Å². The number of alkyl halides is 3. The van der Waals surface area contributed by atoms with Crippen LogP contribution in [0.3, 0.4) is 0 Å². The van der Waals surface area contributed by atoms with Gasteiger partial charge in [-0.3, -0.25) is 5.73 Å². The molecule has 5 nitrogen and oxygen atoms in total. The fourth-order valence-corrected chi connectivity index (χ4v) is 0.960. The third-order valence-electron chi connectivity index (χ3n) is 1.54. The molecular formula is C5H4F3N5. The van der Waals surface area contributed by atoms with E-state index in [1.54, 1.807) is 0 Å². The predicted octanol–water partition coefficient (Wildman–Crippen LogP) is 1.41. The van der Waals surface area contributed by atoms with Gasteiger partial charge in [0.1, 0.15) is 0 Å². The summed E-state index contributed by atoms with van der Waals surface area (Å²) in [5.74, 6) is 0.0276. The average Bonchev–Trinajstić information content (AvgIpc) is 2.51. The van der Waals surface area contributed by atoms with Gasteiger partial charge in [-0.15, -0.1) is 10.2 Å². The van der Waals surface area contributed by atoms with Crippen molar-refractivity contribution in [3.05, 3.63) is 11.8 Å². The zero-order valence-electron chi connectivity index (χ0n) is 6.15. The Labute approximate surface area is 70.0 Å². The van der Waals surface area contributed by atoms with Crippen LogP contribution < -0.4 is 5.73 Å². The number of fused-ring (bicyclic) bond motifs is 1. The maximum absolute atomic E-state index is 12.1. The molecule has 13 heavy (non-hydrogen) atoms. The number of hydrogen-bond donors (Lipinski definition) is 1. The highest BCUT2D eigenvalue weighted by molar-refractivity contribution is 5.32. The molecule has 0 aliphatic carbocycles. The third-order valence-corrected chi connectivity index (χ3v) is 1.54. The maximum Gasteiger partial charge on any atom is 0.435 e. The first-order valence-corrected chi connectivity index (χ1v) is 3.31. The van der Waals surface area contributed by atoms with Crippen LogP contribution in [-0.4, -0.2) is 9.78 Å². The minimum atomic E-state index is -4.47. The largest absolute Gasteiger partial charge is 0.435 e. The minimum absolute atomic E-state index is 0.0276. The van der Waals surface area contributed by atoms with Gasteiger partial charge in [0, 0.05) is 6.07 Å². The van der Waals surface area contributed by atoms with Crippen LogP contribution in [0, 0.1) is 0 Å². The predicted molar refractivity (Wildman–Crippen MR) is 35.0 cm³/mol. The highest BCUT2D eigenvalue weighted by atomic mass is 19.4. The molecule has 0 amide bonds. The molecule has 0 fully saturated rings. The first-order chi connectivity index (χ1) is 5.98. The molecule has 1 atom stereocenters. The number of halogens is 3. The summed E-state index contributed by atoms with van der Waals surface area (Å²) in [6.07, 6.45) is -5.40. The van der Waals surface area contributed by atoms with Crippen LogP contribution in [0.5, 0.6) is 0 Å². The second kappa shape index (κ2) is 2.28. The topological polar surface area (TPSA) is 68.6 Å². The zero-order chi connectivity index (χ0) is 9.64. The second-order valence-electron chi connectivity index (χ2n) is 2.46. The van der Waals surface area contributed by atoms with E-state index in [0.29, 0.717) is 0 Å². The van der Waals surface area contributed by atoms with Crippen molar-refractivity contribution < 1.29 is 13.2 Å². The van der Waals surface area contributed by atoms with Gasteiger partial charge in [-0.2, -0.15) is 18.3 Å². The Hall–Kier alpha value is -1.44. The standard InChI is InChI=1S/C5H4F3N5/c6-5(7,8)2-1-3-10-11-4(9)13(3)12-2/h1,4H,9H2. The lowest BCUT2D eigenvalue weighted by Crippen LogP contribution is -2.15. The SMILES string of the molecule is NC1N=Nc2cc(C(F)(F)F)nn21. The molecule has 2 heterocycles. The van der Waals surface area contributed by atoms with E-state index in [4.69, 9.17) is 5.73 Å². The van der Waals surface area contributed by atoms with Crippen LogP contribution >= 0.6 is 0 Å². The lowest BCUT2D eigenvalue weighted by atomic mass is 10.4. The highest BCUT2D eigenvalue weighted by Crippen LogP contribution is 2.33. The molecule has 1 aliphatic heterocycles. The Kier molecular flexibility index (Phi) is 1.44. The van der Waals surface area contributed by atoms with Crippen molar-refractivity contribution in [3.8, 4) is 0 Å². The van der Waals surface area contributed by atoms with Crippen molar-refractivity contribution in [2.24, 2.45) is 16.0 Å². The minimum Gasteiger partial charge on any atom is -0.289 e. The Bertz CT molecular complexity index is 365. The number of nitrogens with zero attached hydrogens (tertiary/aromatic N) is 4. The van der Waals surface area contributed by atoms with Crippen molar-refractivity contribution in [2.45, 2.75) is 12.5 Å². The molecule has 2 rings (SSSR count). The van der Waals surface area contributed by atoms with E-state index < -0.39 is 18.2 Å². The van der Waals surface area contributed by atoms with Gasteiger partial charge in [0.25, 0.3) is 0 Å². The van der Waals surface area contributed by atoms with Crippen LogP contribution in [0.1, 0.15) is 12.0 Å². The van der Waals surface area contributed by atoms with Crippen molar-refractivity contribution >= 4 is 5.82 Å². The molecule has 0 aromatic carbocycles. The van der Waals surface area contributed by atoms with Crippen LogP contribution in [0.15, 0.2) is 16.3 Å². The summed E-state index contributed by atoms with van der Waals surface area (Å²) < 4.78 is 37.2. The van der Waals surface area contributed by atoms with Crippen LogP contribution in [-0.2, 0) is 6.18 Å². The van der Waals surface area contributed by atoms with Gasteiger partial charge in [0.05, 0.1) is 0 Å². The first kappa shape index (κ1) is 8.17. The fraction of sp³-hybridized carbons (Fsp3) is 0.400. The number of azo groups is 1. The Balaban J connectivity index is 2.45. The molecule has 1 aliphatic rings. The lowest BCUT2D eigenvalue weighted by molar-refractivity contribution is -0.141. The molecule has 0 radical (unpaired) electrons. The lowest BCUT2D eigenvalue weighted by Gasteiger charge is -2.02. The van der Waals surface area contributed by atoms with Crippen molar-refractivity contribution in [1.82, 2.24) is 9.78 Å². The van der Waals surface area contributed by atoms with Crippen molar-refractivity contribution in [3.63, 3.8) is 0 Å². The van der Waals surface area contributed by atoms with Crippen LogP contribution in [0.25, 0.3) is 0 Å². The molecular weight excluding hydrogens is 187 g/mol. The summed E-state index contributed by atoms with van der Waals surface area (Å²) in [7, 11) is 0. The summed E-state index contributed by atoms with van der Waals surface area (Å²) >= 11 is 0. The van der Waals surface area contributed by atoms with E-state index in [0.717, 1.165) is 10.7 Å². The first-order valence-electron chi connectivity index (χ1n) is 3.31. The number of rotatable bonds is 0. The number of nitrogens with two attached hydrogens (primary N) is 1. The van der Waals surface area contributed by atoms with E-state index in [2.05, 4.69) is 15.3 Å². The summed E-state index contributed by atoms with van der Waals surface area (Å²) in [6.45, 7) is 0. The molecule has 0 saturated carbocycles. The van der Waals surface area contributed by atoms with Crippen LogP contribution in [0.2, 0.25) is 0 Å². The van der Waals surface area contributed by atoms with Gasteiger partial charge < -0.3 is 0 Å². The number of aromatic nitrogens is 2. The van der Waals surface area contributed by atoms with Crippen molar-refractivity contribution in [1.29, 1.82) is 0 Å². The summed E-state index contributed by atoms with van der Waals surface area (Å²) in [4.78, 5) is 0. The van der Waals surface area contributed by atoms with Gasteiger partial charge in [-0.05, 0) is 0 Å². The van der Waals surface area contributed by atoms with Crippen molar-refractivity contribution in [2.75, 3.05) is 0 Å². The monoisotopic (exact) mass is 191 g/mol. The Morgan fingerprint density at radius 2 is 2.15 bits per heavy atom. The number of hydrogen-bond acceptors (Lipinski definition) is 4. The molecule has 0 bridgehead atoms. The molecule has 0 spiro atoms. The fourth-order valence-electron chi connectivity index (χ4n) is 0.960. The van der Waals surface area contributed by atoms with E-state index >= 15 is 0 Å². The molecule has 8 heteroatoms. The molecule has 1 aromatic heterocycles. The Morgan fingerprint density at radius 1 is 1.46 bits per heavy atom. The molecule has 0 saturated heterocycles. The zero-order valence-corrected chi connectivity index (χ0v) is 6.15. The van der Waals surface area contributed by atoms with E-state index in [9.17, 15) is 13.2 Å². The third kappa shape index (κ3) is 1.18. The van der Waals surface area contributed by atoms with E-state index in [1.807, 2.05) is 0 Å². The Morgan fingerprint density at radius 3 is 2.69 bits per heavy atom. The molecule has 70 valence electrons. The highest BCUT2D eigenvalue weighted by Gasteiger charge is 2.36. The van der Waals surface area contributed by atoms with Gasteiger partial charge in [0.2, 0.25) is 6.29 Å². The average molecular weight is 191 g/mol. The summed E-state index contributed by atoms with van der Waals surface area (Å²) in [5, 5.41) is 10.1. The summed E-state index contributed by atoms with van der Waals surface area (Å²) in [6, 6.07) is 0.802. The summed E-state index contributed by atoms with van der Waals surface area (Å²) in [5.41, 5.74) is 4.27. The normalized spacial score (nSPS) is 20.8. The van der Waals surface area contributed by atoms with Crippen LogP contribution in [0.4, 0.5) is 19.0 Å².